The minimum atomic E-state index is -0.368. The van der Waals surface area contributed by atoms with Crippen molar-refractivity contribution in [2.75, 3.05) is 26.2 Å². The van der Waals surface area contributed by atoms with Gasteiger partial charge in [-0.2, -0.15) is 0 Å². The van der Waals surface area contributed by atoms with Gasteiger partial charge in [-0.15, -0.1) is 0 Å². The molecule has 0 N–H and O–H groups in total. The van der Waals surface area contributed by atoms with Crippen molar-refractivity contribution >= 4 is 17.2 Å². The molecule has 0 unspecified atom stereocenters. The van der Waals surface area contributed by atoms with Crippen molar-refractivity contribution in [1.29, 1.82) is 0 Å². The van der Waals surface area contributed by atoms with Crippen molar-refractivity contribution < 1.29 is 9.72 Å². The molecule has 1 aliphatic heterocycles. The molecule has 1 amide bonds. The second kappa shape index (κ2) is 10.0. The Balaban J connectivity index is 1.35. The summed E-state index contributed by atoms with van der Waals surface area (Å²) in [7, 11) is 0. The number of rotatable bonds is 6. The van der Waals surface area contributed by atoms with Crippen LogP contribution >= 0.6 is 0 Å². The van der Waals surface area contributed by atoms with E-state index in [1.807, 2.05) is 17.0 Å². The molecule has 3 heterocycles. The van der Waals surface area contributed by atoms with Gasteiger partial charge >= 0.3 is 0 Å². The van der Waals surface area contributed by atoms with Gasteiger partial charge in [0.1, 0.15) is 5.65 Å². The maximum atomic E-state index is 12.7. The number of carbonyl (C=O) groups is 1. The Morgan fingerprint density at radius 3 is 2.45 bits per heavy atom. The quantitative estimate of drug-likeness (QED) is 0.259. The monoisotopic (exact) mass is 509 g/mol. The summed E-state index contributed by atoms with van der Waals surface area (Å²) in [6.07, 6.45) is 5.33. The zero-order valence-corrected chi connectivity index (χ0v) is 21.5. The zero-order chi connectivity index (χ0) is 26.2. The van der Waals surface area contributed by atoms with E-state index in [0.717, 1.165) is 79.2 Å². The number of fused-ring (bicyclic) bond motifs is 1. The molecule has 0 atom stereocenters. The predicted molar refractivity (Wildman–Crippen MR) is 147 cm³/mol. The average molecular weight is 510 g/mol. The van der Waals surface area contributed by atoms with Crippen molar-refractivity contribution in [1.82, 2.24) is 19.2 Å². The molecular weight excluding hydrogens is 478 g/mol. The topological polar surface area (TPSA) is 84.0 Å². The number of nitrogens with zero attached hydrogens (tertiary/aromatic N) is 5. The average Bonchev–Trinajstić information content (AvgIpc) is 3.25. The van der Waals surface area contributed by atoms with Crippen molar-refractivity contribution in [2.45, 2.75) is 32.7 Å². The summed E-state index contributed by atoms with van der Waals surface area (Å²) >= 11 is 0. The molecule has 2 aliphatic rings. The van der Waals surface area contributed by atoms with E-state index < -0.39 is 0 Å². The van der Waals surface area contributed by atoms with E-state index in [9.17, 15) is 14.9 Å². The van der Waals surface area contributed by atoms with Crippen molar-refractivity contribution in [3.05, 3.63) is 88.2 Å². The molecule has 2 aromatic carbocycles. The van der Waals surface area contributed by atoms with Crippen LogP contribution < -0.4 is 0 Å². The number of non-ortho nitro benzene ring substituents is 1. The smallest absolute Gasteiger partial charge is 0.270 e. The van der Waals surface area contributed by atoms with E-state index in [1.165, 1.54) is 11.6 Å². The Hall–Kier alpha value is -4.04. The Morgan fingerprint density at radius 1 is 0.974 bits per heavy atom. The summed E-state index contributed by atoms with van der Waals surface area (Å²) in [5.74, 6) is 0.534. The Bertz CT molecular complexity index is 1520. The molecule has 194 valence electrons. The molecule has 1 saturated heterocycles. The number of pyridine rings is 1. The highest BCUT2D eigenvalue weighted by Crippen LogP contribution is 2.32. The van der Waals surface area contributed by atoms with Gasteiger partial charge in [-0.05, 0) is 43.0 Å². The molecule has 6 rings (SSSR count). The van der Waals surface area contributed by atoms with E-state index in [0.29, 0.717) is 12.5 Å². The molecule has 0 radical (unpaired) electrons. The molecule has 0 spiro atoms. The van der Waals surface area contributed by atoms with E-state index in [1.54, 1.807) is 12.1 Å². The number of piperazine rings is 1. The standard InChI is InChI=1S/C30H31N5O3/c1-21-5-2-8-23(17-21)25-11-12-28-31-29(24-9-4-10-26(18-24)35(37)38)27(34(28)19-25)20-32-13-15-33(16-14-32)30(36)22-6-3-7-22/h2,4-5,8-12,17-19,22H,3,6-7,13-16,20H2,1H3. The number of aromatic nitrogens is 2. The number of nitro benzene ring substituents is 1. The van der Waals surface area contributed by atoms with E-state index in [-0.39, 0.29) is 16.5 Å². The minimum absolute atomic E-state index is 0.0501. The van der Waals surface area contributed by atoms with Gasteiger partial charge in [0.25, 0.3) is 5.69 Å². The van der Waals surface area contributed by atoms with Crippen LogP contribution in [0.25, 0.3) is 28.0 Å². The van der Waals surface area contributed by atoms with Crippen LogP contribution in [0.1, 0.15) is 30.5 Å². The molecule has 8 nitrogen and oxygen atoms in total. The van der Waals surface area contributed by atoms with Gasteiger partial charge in [-0.25, -0.2) is 4.98 Å². The van der Waals surface area contributed by atoms with Gasteiger partial charge in [-0.1, -0.05) is 48.4 Å². The van der Waals surface area contributed by atoms with Crippen LogP contribution in [0.4, 0.5) is 5.69 Å². The lowest BCUT2D eigenvalue weighted by atomic mass is 9.84. The fraction of sp³-hybridized carbons (Fsp3) is 0.333. The SMILES string of the molecule is Cc1cccc(-c2ccc3nc(-c4cccc([N+](=O)[O-])c4)c(CN4CCN(C(=O)C5CCC5)CC4)n3c2)c1. The van der Waals surface area contributed by atoms with Crippen LogP contribution in [0, 0.1) is 23.0 Å². The molecule has 8 heteroatoms. The van der Waals surface area contributed by atoms with E-state index in [4.69, 9.17) is 4.98 Å². The third-order valence-corrected chi connectivity index (χ3v) is 7.91. The van der Waals surface area contributed by atoms with E-state index >= 15 is 0 Å². The molecule has 1 saturated carbocycles. The number of benzene rings is 2. The summed E-state index contributed by atoms with van der Waals surface area (Å²) in [6.45, 7) is 5.76. The van der Waals surface area contributed by atoms with Crippen LogP contribution in [0.2, 0.25) is 0 Å². The number of imidazole rings is 1. The van der Waals surface area contributed by atoms with Crippen LogP contribution in [0.5, 0.6) is 0 Å². The Kier molecular flexibility index (Phi) is 6.41. The van der Waals surface area contributed by atoms with E-state index in [2.05, 4.69) is 52.8 Å². The van der Waals surface area contributed by atoms with Gasteiger partial charge in [0.2, 0.25) is 5.91 Å². The highest BCUT2D eigenvalue weighted by atomic mass is 16.6. The van der Waals surface area contributed by atoms with Crippen LogP contribution in [-0.2, 0) is 11.3 Å². The lowest BCUT2D eigenvalue weighted by Gasteiger charge is -2.38. The van der Waals surface area contributed by atoms with Gasteiger partial charge in [0.05, 0.1) is 16.3 Å². The maximum absolute atomic E-state index is 12.7. The van der Waals surface area contributed by atoms with Crippen molar-refractivity contribution in [3.63, 3.8) is 0 Å². The second-order valence-corrected chi connectivity index (χ2v) is 10.5. The molecule has 4 aromatic rings. The summed E-state index contributed by atoms with van der Waals surface area (Å²) in [5, 5.41) is 11.5. The number of amides is 1. The Labute approximate surface area is 221 Å². The van der Waals surface area contributed by atoms with Crippen LogP contribution in [0.3, 0.4) is 0 Å². The summed E-state index contributed by atoms with van der Waals surface area (Å²) in [6, 6.07) is 19.2. The normalized spacial score (nSPS) is 16.5. The first-order chi connectivity index (χ1) is 18.5. The molecule has 2 aromatic heterocycles. The van der Waals surface area contributed by atoms with Gasteiger partial charge in [0, 0.05) is 62.5 Å². The number of nitro groups is 1. The number of hydrogen-bond donors (Lipinski definition) is 0. The Morgan fingerprint density at radius 2 is 1.74 bits per heavy atom. The molecule has 38 heavy (non-hydrogen) atoms. The second-order valence-electron chi connectivity index (χ2n) is 10.5. The van der Waals surface area contributed by atoms with Gasteiger partial charge < -0.3 is 9.30 Å². The third-order valence-electron chi connectivity index (χ3n) is 7.91. The fourth-order valence-corrected chi connectivity index (χ4v) is 5.49. The van der Waals surface area contributed by atoms with Gasteiger partial charge in [0.15, 0.2) is 0 Å². The highest BCUT2D eigenvalue weighted by molar-refractivity contribution is 5.79. The molecular formula is C30H31N5O3. The molecule has 2 fully saturated rings. The third kappa shape index (κ3) is 4.67. The first-order valence-corrected chi connectivity index (χ1v) is 13.3. The molecule has 0 bridgehead atoms. The minimum Gasteiger partial charge on any atom is -0.340 e. The van der Waals surface area contributed by atoms with Crippen LogP contribution in [-0.4, -0.2) is 56.2 Å². The summed E-state index contributed by atoms with van der Waals surface area (Å²) < 4.78 is 2.12. The highest BCUT2D eigenvalue weighted by Gasteiger charge is 2.31. The number of carbonyl (C=O) groups excluding carboxylic acids is 1. The maximum Gasteiger partial charge on any atom is 0.270 e. The van der Waals surface area contributed by atoms with Crippen molar-refractivity contribution in [2.24, 2.45) is 5.92 Å². The number of aryl methyl sites for hydroxylation is 1. The lowest BCUT2D eigenvalue weighted by molar-refractivity contribution is -0.384. The summed E-state index contributed by atoms with van der Waals surface area (Å²) in [4.78, 5) is 33.2. The van der Waals surface area contributed by atoms with Crippen LogP contribution in [0.15, 0.2) is 66.9 Å². The van der Waals surface area contributed by atoms with Gasteiger partial charge in [-0.3, -0.25) is 19.8 Å². The zero-order valence-electron chi connectivity index (χ0n) is 21.5. The first-order valence-electron chi connectivity index (χ1n) is 13.3. The largest absolute Gasteiger partial charge is 0.340 e. The van der Waals surface area contributed by atoms with Crippen molar-refractivity contribution in [3.8, 4) is 22.4 Å². The predicted octanol–water partition coefficient (Wildman–Crippen LogP) is 5.33. The number of hydrogen-bond acceptors (Lipinski definition) is 5. The lowest BCUT2D eigenvalue weighted by Crippen LogP contribution is -2.50. The first kappa shape index (κ1) is 24.3. The molecule has 1 aliphatic carbocycles. The fourth-order valence-electron chi connectivity index (χ4n) is 5.49. The summed E-state index contributed by atoms with van der Waals surface area (Å²) in [5.41, 5.74) is 6.74.